The number of pyridine rings is 1. The van der Waals surface area contributed by atoms with E-state index in [9.17, 15) is 12.8 Å². The van der Waals surface area contributed by atoms with E-state index in [-0.39, 0.29) is 20.9 Å². The SMILES string of the molecule is Cc1nc2ccccc2c(F)c1S(=O)(=O)c1ccccc1. The summed E-state index contributed by atoms with van der Waals surface area (Å²) in [6.07, 6.45) is 0. The first-order chi connectivity index (χ1) is 10.0. The van der Waals surface area contributed by atoms with Gasteiger partial charge in [-0.2, -0.15) is 0 Å². The highest BCUT2D eigenvalue weighted by molar-refractivity contribution is 7.91. The predicted octanol–water partition coefficient (Wildman–Crippen LogP) is 3.52. The molecule has 1 heterocycles. The van der Waals surface area contributed by atoms with E-state index < -0.39 is 15.7 Å². The van der Waals surface area contributed by atoms with Gasteiger partial charge in [0.15, 0.2) is 5.82 Å². The van der Waals surface area contributed by atoms with Crippen molar-refractivity contribution >= 4 is 20.7 Å². The maximum Gasteiger partial charge on any atom is 0.211 e. The molecular formula is C16H12FNO2S. The quantitative estimate of drug-likeness (QED) is 0.727. The number of halogens is 1. The van der Waals surface area contributed by atoms with Gasteiger partial charge in [-0.05, 0) is 31.2 Å². The molecule has 0 aliphatic rings. The smallest absolute Gasteiger partial charge is 0.211 e. The van der Waals surface area contributed by atoms with Crippen molar-refractivity contribution in [3.05, 3.63) is 66.1 Å². The summed E-state index contributed by atoms with van der Waals surface area (Å²) in [6.45, 7) is 1.51. The molecule has 3 nitrogen and oxygen atoms in total. The minimum atomic E-state index is -3.93. The van der Waals surface area contributed by atoms with Gasteiger partial charge in [-0.15, -0.1) is 0 Å². The van der Waals surface area contributed by atoms with E-state index in [0.717, 1.165) is 0 Å². The zero-order valence-corrected chi connectivity index (χ0v) is 12.1. The molecule has 0 amide bonds. The molecule has 0 saturated heterocycles. The lowest BCUT2D eigenvalue weighted by atomic mass is 10.2. The van der Waals surface area contributed by atoms with E-state index in [1.807, 2.05) is 0 Å². The standard InChI is InChI=1S/C16H12FNO2S/c1-11-16(21(19,20)12-7-3-2-4-8-12)15(17)13-9-5-6-10-14(13)18-11/h2-10H,1H3. The van der Waals surface area contributed by atoms with Crippen LogP contribution in [-0.4, -0.2) is 13.4 Å². The number of rotatable bonds is 2. The van der Waals surface area contributed by atoms with Crippen molar-refractivity contribution in [2.45, 2.75) is 16.7 Å². The molecule has 0 unspecified atom stereocenters. The van der Waals surface area contributed by atoms with Crippen molar-refractivity contribution in [2.24, 2.45) is 0 Å². The maximum atomic E-state index is 14.7. The second-order valence-corrected chi connectivity index (χ2v) is 6.56. The van der Waals surface area contributed by atoms with E-state index in [4.69, 9.17) is 0 Å². The van der Waals surface area contributed by atoms with Gasteiger partial charge in [0.1, 0.15) is 4.90 Å². The number of hydrogen-bond acceptors (Lipinski definition) is 3. The van der Waals surface area contributed by atoms with Crippen LogP contribution in [0.3, 0.4) is 0 Å². The first-order valence-electron chi connectivity index (χ1n) is 6.37. The molecule has 2 aromatic carbocycles. The molecule has 0 spiro atoms. The van der Waals surface area contributed by atoms with Gasteiger partial charge in [0, 0.05) is 5.39 Å². The molecule has 0 saturated carbocycles. The first-order valence-corrected chi connectivity index (χ1v) is 7.85. The van der Waals surface area contributed by atoms with Crippen LogP contribution in [0.15, 0.2) is 64.4 Å². The minimum Gasteiger partial charge on any atom is -0.252 e. The lowest BCUT2D eigenvalue weighted by Crippen LogP contribution is -2.09. The van der Waals surface area contributed by atoms with E-state index in [0.29, 0.717) is 5.52 Å². The maximum absolute atomic E-state index is 14.7. The molecule has 0 fully saturated rings. The van der Waals surface area contributed by atoms with Gasteiger partial charge in [0.25, 0.3) is 0 Å². The minimum absolute atomic E-state index is 0.0593. The predicted molar refractivity (Wildman–Crippen MR) is 78.3 cm³/mol. The molecule has 0 bridgehead atoms. The molecule has 5 heteroatoms. The van der Waals surface area contributed by atoms with E-state index in [2.05, 4.69) is 4.98 Å². The summed E-state index contributed by atoms with van der Waals surface area (Å²) in [5.74, 6) is -0.748. The van der Waals surface area contributed by atoms with Crippen LogP contribution in [0.1, 0.15) is 5.69 Å². The Morgan fingerprint density at radius 3 is 2.29 bits per heavy atom. The fourth-order valence-electron chi connectivity index (χ4n) is 2.30. The zero-order chi connectivity index (χ0) is 15.0. The summed E-state index contributed by atoms with van der Waals surface area (Å²) in [5.41, 5.74) is 0.606. The van der Waals surface area contributed by atoms with Crippen molar-refractivity contribution in [3.63, 3.8) is 0 Å². The molecule has 0 radical (unpaired) electrons. The molecule has 1 aromatic heterocycles. The summed E-state index contributed by atoms with van der Waals surface area (Å²) in [6, 6.07) is 14.4. The fraction of sp³-hybridized carbons (Fsp3) is 0.0625. The Bertz CT molecular complexity index is 922. The normalized spacial score (nSPS) is 11.7. The second-order valence-electron chi connectivity index (χ2n) is 4.67. The third-order valence-corrected chi connectivity index (χ3v) is 5.18. The molecule has 0 aliphatic heterocycles. The Morgan fingerprint density at radius 1 is 0.952 bits per heavy atom. The summed E-state index contributed by atoms with van der Waals surface area (Å²) in [4.78, 5) is 3.91. The Labute approximate surface area is 122 Å². The van der Waals surface area contributed by atoms with Crippen molar-refractivity contribution in [1.82, 2.24) is 4.98 Å². The van der Waals surface area contributed by atoms with Crippen LogP contribution in [0, 0.1) is 12.7 Å². The number of para-hydroxylation sites is 1. The molecular weight excluding hydrogens is 289 g/mol. The topological polar surface area (TPSA) is 47.0 Å². The van der Waals surface area contributed by atoms with Gasteiger partial charge in [-0.3, -0.25) is 4.98 Å². The summed E-state index contributed by atoms with van der Waals surface area (Å²) >= 11 is 0. The van der Waals surface area contributed by atoms with E-state index >= 15 is 0 Å². The highest BCUT2D eigenvalue weighted by Gasteiger charge is 2.26. The van der Waals surface area contributed by atoms with Crippen LogP contribution in [0.25, 0.3) is 10.9 Å². The average molecular weight is 301 g/mol. The van der Waals surface area contributed by atoms with Crippen LogP contribution in [-0.2, 0) is 9.84 Å². The van der Waals surface area contributed by atoms with Gasteiger partial charge in [0.05, 0.1) is 16.1 Å². The third kappa shape index (κ3) is 2.19. The number of nitrogens with zero attached hydrogens (tertiary/aromatic N) is 1. The number of aromatic nitrogens is 1. The molecule has 106 valence electrons. The summed E-state index contributed by atoms with van der Waals surface area (Å²) < 4.78 is 40.0. The third-order valence-electron chi connectivity index (χ3n) is 3.28. The van der Waals surface area contributed by atoms with Gasteiger partial charge < -0.3 is 0 Å². The number of fused-ring (bicyclic) bond motifs is 1. The Kier molecular flexibility index (Phi) is 3.22. The first kappa shape index (κ1) is 13.7. The highest BCUT2D eigenvalue weighted by Crippen LogP contribution is 2.29. The summed E-state index contributed by atoms with van der Waals surface area (Å²) in [5, 5.41) is 0.206. The van der Waals surface area contributed by atoms with Crippen LogP contribution in [0.2, 0.25) is 0 Å². The molecule has 0 N–H and O–H groups in total. The molecule has 0 aliphatic carbocycles. The fourth-order valence-corrected chi connectivity index (χ4v) is 3.83. The van der Waals surface area contributed by atoms with Crippen LogP contribution < -0.4 is 0 Å². The van der Waals surface area contributed by atoms with Gasteiger partial charge in [-0.25, -0.2) is 12.8 Å². The zero-order valence-electron chi connectivity index (χ0n) is 11.2. The molecule has 0 atom stereocenters. The second kappa shape index (κ2) is 4.93. The van der Waals surface area contributed by atoms with Gasteiger partial charge in [0.2, 0.25) is 9.84 Å². The Morgan fingerprint density at radius 2 is 1.57 bits per heavy atom. The molecule has 21 heavy (non-hydrogen) atoms. The number of sulfone groups is 1. The largest absolute Gasteiger partial charge is 0.252 e. The van der Waals surface area contributed by atoms with Crippen LogP contribution >= 0.6 is 0 Å². The Balaban J connectivity index is 2.36. The number of hydrogen-bond donors (Lipinski definition) is 0. The van der Waals surface area contributed by atoms with Crippen molar-refractivity contribution in [3.8, 4) is 0 Å². The van der Waals surface area contributed by atoms with Gasteiger partial charge >= 0.3 is 0 Å². The monoisotopic (exact) mass is 301 g/mol. The van der Waals surface area contributed by atoms with Crippen molar-refractivity contribution in [1.29, 1.82) is 0 Å². The number of benzene rings is 2. The Hall–Kier alpha value is -2.27. The highest BCUT2D eigenvalue weighted by atomic mass is 32.2. The average Bonchev–Trinajstić information content (AvgIpc) is 2.48. The van der Waals surface area contributed by atoms with E-state index in [1.54, 1.807) is 36.4 Å². The number of aryl methyl sites for hydroxylation is 1. The van der Waals surface area contributed by atoms with Gasteiger partial charge in [-0.1, -0.05) is 30.3 Å². The van der Waals surface area contributed by atoms with Crippen LogP contribution in [0.5, 0.6) is 0 Å². The lowest BCUT2D eigenvalue weighted by molar-refractivity contribution is 0.568. The molecule has 3 rings (SSSR count). The van der Waals surface area contributed by atoms with Crippen LogP contribution in [0.4, 0.5) is 4.39 Å². The van der Waals surface area contributed by atoms with E-state index in [1.165, 1.54) is 25.1 Å². The lowest BCUT2D eigenvalue weighted by Gasteiger charge is -2.10. The van der Waals surface area contributed by atoms with Crippen molar-refractivity contribution < 1.29 is 12.8 Å². The van der Waals surface area contributed by atoms with Crippen molar-refractivity contribution in [2.75, 3.05) is 0 Å². The summed E-state index contributed by atoms with van der Waals surface area (Å²) in [7, 11) is -3.93. The molecule has 3 aromatic rings.